The zero-order chi connectivity index (χ0) is 14.1. The van der Waals surface area contributed by atoms with E-state index in [1.807, 2.05) is 6.92 Å². The summed E-state index contributed by atoms with van der Waals surface area (Å²) in [5.41, 5.74) is 0.425. The molecule has 9 nitrogen and oxygen atoms in total. The van der Waals surface area contributed by atoms with Gasteiger partial charge >= 0.3 is 0 Å². The van der Waals surface area contributed by atoms with Gasteiger partial charge in [-0.1, -0.05) is 6.92 Å². The molecule has 0 aliphatic carbocycles. The van der Waals surface area contributed by atoms with Crippen LogP contribution in [0.3, 0.4) is 0 Å². The van der Waals surface area contributed by atoms with Crippen molar-refractivity contribution in [3.05, 3.63) is 28.7 Å². The van der Waals surface area contributed by atoms with Crippen LogP contribution in [-0.2, 0) is 20.1 Å². The summed E-state index contributed by atoms with van der Waals surface area (Å²) in [4.78, 5) is 16.6. The van der Waals surface area contributed by atoms with Gasteiger partial charge in [-0.2, -0.15) is 5.10 Å². The first-order valence-electron chi connectivity index (χ1n) is 6.33. The smallest absolute Gasteiger partial charge is 0.264 e. The normalized spacial score (nSPS) is 11.3. The number of rotatable bonds is 4. The molecule has 3 aromatic rings. The van der Waals surface area contributed by atoms with E-state index < -0.39 is 0 Å². The number of nitrogens with zero attached hydrogens (tertiary/aromatic N) is 8. The van der Waals surface area contributed by atoms with Gasteiger partial charge in [-0.05, 0) is 16.8 Å². The molecule has 0 bridgehead atoms. The molecule has 0 spiro atoms. The van der Waals surface area contributed by atoms with Crippen LogP contribution >= 0.6 is 0 Å². The average molecular weight is 274 g/mol. The lowest BCUT2D eigenvalue weighted by atomic mass is 10.4. The van der Waals surface area contributed by atoms with Crippen molar-refractivity contribution in [3.63, 3.8) is 0 Å². The molecule has 0 aromatic carbocycles. The molecule has 104 valence electrons. The van der Waals surface area contributed by atoms with Crippen molar-refractivity contribution in [3.8, 4) is 0 Å². The summed E-state index contributed by atoms with van der Waals surface area (Å²) < 4.78 is 4.75. The van der Waals surface area contributed by atoms with Crippen LogP contribution in [0.4, 0.5) is 0 Å². The second-order valence-corrected chi connectivity index (χ2v) is 4.50. The van der Waals surface area contributed by atoms with Crippen molar-refractivity contribution < 1.29 is 0 Å². The van der Waals surface area contributed by atoms with Crippen molar-refractivity contribution >= 4 is 11.0 Å². The summed E-state index contributed by atoms with van der Waals surface area (Å²) in [6.45, 7) is 3.06. The molecule has 0 saturated carbocycles. The second-order valence-electron chi connectivity index (χ2n) is 4.50. The largest absolute Gasteiger partial charge is 0.291 e. The summed E-state index contributed by atoms with van der Waals surface area (Å²) in [5, 5.41) is 16.0. The lowest BCUT2D eigenvalue weighted by Crippen LogP contribution is -2.23. The summed E-state index contributed by atoms with van der Waals surface area (Å²) in [7, 11) is 1.75. The van der Waals surface area contributed by atoms with Crippen LogP contribution in [0.1, 0.15) is 19.2 Å². The molecule has 0 amide bonds. The highest BCUT2D eigenvalue weighted by Crippen LogP contribution is 2.04. The summed E-state index contributed by atoms with van der Waals surface area (Å²) >= 11 is 0. The Labute approximate surface area is 113 Å². The highest BCUT2D eigenvalue weighted by atomic mass is 16.1. The van der Waals surface area contributed by atoms with Crippen molar-refractivity contribution in [2.45, 2.75) is 26.4 Å². The van der Waals surface area contributed by atoms with Crippen LogP contribution in [0.2, 0.25) is 0 Å². The molecule has 0 atom stereocenters. The fraction of sp³-hybridized carbons (Fsp3) is 0.455. The lowest BCUT2D eigenvalue weighted by molar-refractivity contribution is 0.540. The molecule has 0 fully saturated rings. The van der Waals surface area contributed by atoms with Crippen LogP contribution in [0, 0.1) is 0 Å². The van der Waals surface area contributed by atoms with Gasteiger partial charge < -0.3 is 0 Å². The third kappa shape index (κ3) is 1.96. The average Bonchev–Trinajstić information content (AvgIpc) is 3.02. The Balaban J connectivity index is 2.00. The third-order valence-electron chi connectivity index (χ3n) is 3.07. The molecule has 3 rings (SSSR count). The van der Waals surface area contributed by atoms with E-state index in [0.29, 0.717) is 23.4 Å². The Bertz CT molecular complexity index is 798. The van der Waals surface area contributed by atoms with Gasteiger partial charge in [0.1, 0.15) is 11.7 Å². The summed E-state index contributed by atoms with van der Waals surface area (Å²) in [5.74, 6) is 0.638. The molecule has 0 unspecified atom stereocenters. The van der Waals surface area contributed by atoms with Crippen LogP contribution in [0.5, 0.6) is 0 Å². The number of hydrogen-bond donors (Lipinski definition) is 0. The van der Waals surface area contributed by atoms with E-state index in [-0.39, 0.29) is 5.56 Å². The van der Waals surface area contributed by atoms with Crippen LogP contribution in [0.25, 0.3) is 11.0 Å². The number of aromatic nitrogens is 8. The topological polar surface area (TPSA) is 96.3 Å². The van der Waals surface area contributed by atoms with Crippen LogP contribution in [-0.4, -0.2) is 39.5 Å². The van der Waals surface area contributed by atoms with Gasteiger partial charge in [0.2, 0.25) is 0 Å². The van der Waals surface area contributed by atoms with E-state index >= 15 is 0 Å². The quantitative estimate of drug-likeness (QED) is 0.640. The molecule has 0 radical (unpaired) electrons. The molecule has 3 heterocycles. The molecular weight excluding hydrogens is 260 g/mol. The maximum Gasteiger partial charge on any atom is 0.264 e. The van der Waals surface area contributed by atoms with E-state index in [2.05, 4.69) is 25.6 Å². The molecule has 9 heteroatoms. The Morgan fingerprint density at radius 1 is 1.35 bits per heavy atom. The van der Waals surface area contributed by atoms with Gasteiger partial charge in [-0.15, -0.1) is 5.10 Å². The Morgan fingerprint density at radius 3 is 3.00 bits per heavy atom. The molecule has 20 heavy (non-hydrogen) atoms. The Kier molecular flexibility index (Phi) is 3.01. The number of fused-ring (bicyclic) bond motifs is 1. The van der Waals surface area contributed by atoms with Crippen LogP contribution < -0.4 is 5.56 Å². The zero-order valence-corrected chi connectivity index (χ0v) is 11.3. The van der Waals surface area contributed by atoms with E-state index in [1.165, 1.54) is 17.1 Å². The first-order chi connectivity index (χ1) is 9.70. The van der Waals surface area contributed by atoms with Gasteiger partial charge in [0.15, 0.2) is 11.5 Å². The first-order valence-corrected chi connectivity index (χ1v) is 6.33. The van der Waals surface area contributed by atoms with Crippen molar-refractivity contribution in [1.82, 2.24) is 39.5 Å². The summed E-state index contributed by atoms with van der Waals surface area (Å²) in [6, 6.07) is 0. The van der Waals surface area contributed by atoms with Crippen molar-refractivity contribution in [2.24, 2.45) is 7.05 Å². The van der Waals surface area contributed by atoms with Crippen molar-refractivity contribution in [1.29, 1.82) is 0 Å². The molecule has 0 N–H and O–H groups in total. The third-order valence-corrected chi connectivity index (χ3v) is 3.07. The van der Waals surface area contributed by atoms with Crippen molar-refractivity contribution in [2.75, 3.05) is 0 Å². The fourth-order valence-corrected chi connectivity index (χ4v) is 2.05. The van der Waals surface area contributed by atoms with Gasteiger partial charge in [-0.25, -0.2) is 9.67 Å². The van der Waals surface area contributed by atoms with Gasteiger partial charge in [0.05, 0.1) is 12.7 Å². The molecule has 0 aliphatic heterocycles. The first kappa shape index (κ1) is 12.5. The minimum absolute atomic E-state index is 0.144. The maximum atomic E-state index is 12.3. The highest BCUT2D eigenvalue weighted by Gasteiger charge is 2.11. The number of tetrazole rings is 1. The standard InChI is InChI=1S/C11H14N8O/c1-3-4-19-9(14-15-16-19)6-18-7-12-10-8(11(18)20)5-13-17(10)2/h5,7H,3-4,6H2,1-2H3. The zero-order valence-electron chi connectivity index (χ0n) is 11.3. The predicted molar refractivity (Wildman–Crippen MR) is 70.0 cm³/mol. The fourth-order valence-electron chi connectivity index (χ4n) is 2.05. The lowest BCUT2D eigenvalue weighted by Gasteiger charge is -2.05. The molecule has 3 aromatic heterocycles. The maximum absolute atomic E-state index is 12.3. The Hall–Kier alpha value is -2.58. The van der Waals surface area contributed by atoms with Crippen LogP contribution in [0.15, 0.2) is 17.3 Å². The van der Waals surface area contributed by atoms with E-state index in [9.17, 15) is 4.79 Å². The van der Waals surface area contributed by atoms with E-state index in [4.69, 9.17) is 0 Å². The monoisotopic (exact) mass is 274 g/mol. The number of hydrogen-bond acceptors (Lipinski definition) is 6. The second kappa shape index (κ2) is 4.83. The Morgan fingerprint density at radius 2 is 2.20 bits per heavy atom. The molecular formula is C11H14N8O. The van der Waals surface area contributed by atoms with Gasteiger partial charge in [0.25, 0.3) is 5.56 Å². The van der Waals surface area contributed by atoms with E-state index in [0.717, 1.165) is 13.0 Å². The van der Waals surface area contributed by atoms with E-state index in [1.54, 1.807) is 16.4 Å². The minimum atomic E-state index is -0.144. The van der Waals surface area contributed by atoms with Gasteiger partial charge in [-0.3, -0.25) is 14.0 Å². The highest BCUT2D eigenvalue weighted by molar-refractivity contribution is 5.72. The predicted octanol–water partition coefficient (Wildman–Crippen LogP) is -0.425. The van der Waals surface area contributed by atoms with Gasteiger partial charge in [0, 0.05) is 13.6 Å². The number of aryl methyl sites for hydroxylation is 2. The summed E-state index contributed by atoms with van der Waals surface area (Å²) in [6.07, 6.45) is 3.94. The molecule has 0 saturated heterocycles. The molecule has 0 aliphatic rings. The SMILES string of the molecule is CCCn1nnnc1Cn1cnc2c(cnn2C)c1=O. The minimum Gasteiger partial charge on any atom is -0.291 e.